The van der Waals surface area contributed by atoms with Crippen LogP contribution >= 0.6 is 19.6 Å². The predicted molar refractivity (Wildman–Crippen MR) is 261 cm³/mol. The number of aliphatic hydroxyl groups is 1. The van der Waals surface area contributed by atoms with Crippen molar-refractivity contribution < 1.29 is 52.3 Å². The molecule has 0 aromatic rings. The monoisotopic (exact) mass is 928 g/mol. The van der Waals surface area contributed by atoms with Gasteiger partial charge < -0.3 is 34.8 Å². The summed E-state index contributed by atoms with van der Waals surface area (Å²) in [5, 5.41) is 19.6. The van der Waals surface area contributed by atoms with E-state index in [0.29, 0.717) is 17.4 Å². The van der Waals surface area contributed by atoms with Gasteiger partial charge >= 0.3 is 19.8 Å². The first-order valence-corrected chi connectivity index (χ1v) is 26.2. The van der Waals surface area contributed by atoms with E-state index in [9.17, 15) is 24.2 Å². The highest BCUT2D eigenvalue weighted by Gasteiger charge is 2.28. The van der Waals surface area contributed by atoms with E-state index >= 15 is 0 Å². The van der Waals surface area contributed by atoms with Crippen LogP contribution in [0.2, 0.25) is 0 Å². The topological polar surface area (TPSA) is 175 Å². The molecule has 12 nitrogen and oxygen atoms in total. The number of ether oxygens (including phenoxy) is 2. The molecule has 1 unspecified atom stereocenters. The molecule has 0 radical (unpaired) electrons. The van der Waals surface area contributed by atoms with E-state index in [1.165, 1.54) is 88.7 Å². The Morgan fingerprint density at radius 3 is 1.94 bits per heavy atom. The molecular weight excluding hydrogens is 840 g/mol. The summed E-state index contributed by atoms with van der Waals surface area (Å²) in [6.45, 7) is 4.29. The molecule has 0 aliphatic carbocycles. The fraction of sp³-hybridized carbons (Fsp3) is 0.714. The van der Waals surface area contributed by atoms with E-state index in [2.05, 4.69) is 44.2 Å². The highest BCUT2D eigenvalue weighted by Crippen LogP contribution is 2.43. The quantitative estimate of drug-likeness (QED) is 0.00868. The van der Waals surface area contributed by atoms with Crippen LogP contribution < -0.4 is 5.73 Å². The zero-order chi connectivity index (χ0) is 46.9. The lowest BCUT2D eigenvalue weighted by atomic mass is 10.1. The normalized spacial score (nSPS) is 15.6. The van der Waals surface area contributed by atoms with Crippen molar-refractivity contribution in [2.75, 3.05) is 53.3 Å². The van der Waals surface area contributed by atoms with Crippen molar-refractivity contribution in [2.45, 2.75) is 172 Å². The van der Waals surface area contributed by atoms with Crippen LogP contribution in [0.5, 0.6) is 0 Å². The summed E-state index contributed by atoms with van der Waals surface area (Å²) in [7, 11) is 1.32. The Hall–Kier alpha value is -2.48. The van der Waals surface area contributed by atoms with Gasteiger partial charge in [-0.2, -0.15) is 0 Å². The number of aliphatic carboxylic acids is 1. The van der Waals surface area contributed by atoms with Crippen LogP contribution in [0.3, 0.4) is 0 Å². The Kier molecular flexibility index (Phi) is 39.4. The number of quaternary nitrogens is 1. The third kappa shape index (κ3) is 41.9. The first-order valence-electron chi connectivity index (χ1n) is 23.7. The molecule has 63 heavy (non-hydrogen) atoms. The molecule has 0 bridgehead atoms. The third-order valence-electron chi connectivity index (χ3n) is 9.80. The number of allylic oxidation sites excluding steroid dienone is 10. The molecule has 0 aliphatic rings. The van der Waals surface area contributed by atoms with Gasteiger partial charge in [0.1, 0.15) is 25.8 Å². The van der Waals surface area contributed by atoms with Gasteiger partial charge in [0.25, 0.3) is 0 Å². The summed E-state index contributed by atoms with van der Waals surface area (Å²) in [6.07, 6.45) is 43.4. The summed E-state index contributed by atoms with van der Waals surface area (Å²) in [5.41, 5.74) is 6.27. The Bertz CT molecular complexity index is 1360. The number of nitrogens with zero attached hydrogens (tertiary/aromatic N) is 1. The van der Waals surface area contributed by atoms with Crippen molar-refractivity contribution in [3.05, 3.63) is 73.1 Å². The minimum absolute atomic E-state index is 0.0138. The zero-order valence-electron chi connectivity index (χ0n) is 39.7. The van der Waals surface area contributed by atoms with E-state index < -0.39 is 49.9 Å². The van der Waals surface area contributed by atoms with Crippen molar-refractivity contribution in [1.82, 2.24) is 0 Å². The van der Waals surface area contributed by atoms with E-state index in [4.69, 9.17) is 29.4 Å². The molecule has 0 heterocycles. The van der Waals surface area contributed by atoms with Crippen LogP contribution in [0.25, 0.3) is 0 Å². The SMILES string of the molecule is CCCCC/C=C\C\C=C/C=C/C=C/[C@@H](SC[C@H](N)C(=O)O[C@H](CO/C=C/CCCCCC/C=C\CCCCCCCC)COP(=O)(O)OCC[N+](C)(C)C)[C@@H](O)CCCC(=O)O. The summed E-state index contributed by atoms with van der Waals surface area (Å²) in [4.78, 5) is 34.6. The van der Waals surface area contributed by atoms with Gasteiger partial charge in [-0.3, -0.25) is 18.6 Å². The highest BCUT2D eigenvalue weighted by atomic mass is 32.2. The number of unbranched alkanes of at least 4 members (excludes halogenated alkanes) is 14. The molecule has 0 aromatic carbocycles. The van der Waals surface area contributed by atoms with Crippen LogP contribution in [0, 0.1) is 0 Å². The van der Waals surface area contributed by atoms with E-state index in [-0.39, 0.29) is 31.8 Å². The van der Waals surface area contributed by atoms with Crippen molar-refractivity contribution in [3.63, 3.8) is 0 Å². The Morgan fingerprint density at radius 2 is 1.30 bits per heavy atom. The second-order valence-corrected chi connectivity index (χ2v) is 19.7. The Labute approximate surface area is 386 Å². The number of thioether (sulfide) groups is 1. The summed E-state index contributed by atoms with van der Waals surface area (Å²) in [6, 6.07) is -1.11. The second kappa shape index (κ2) is 41.0. The molecule has 0 saturated heterocycles. The molecule has 14 heteroatoms. The number of phosphoric ester groups is 1. The van der Waals surface area contributed by atoms with E-state index in [1.807, 2.05) is 45.4 Å². The van der Waals surface area contributed by atoms with E-state index in [0.717, 1.165) is 44.9 Å². The van der Waals surface area contributed by atoms with Gasteiger partial charge in [0.15, 0.2) is 6.10 Å². The number of carboxylic acid groups (broad SMARTS) is 1. The Balaban J connectivity index is 5.22. The maximum atomic E-state index is 13.2. The first-order chi connectivity index (χ1) is 30.2. The molecule has 5 N–H and O–H groups in total. The highest BCUT2D eigenvalue weighted by molar-refractivity contribution is 8.00. The van der Waals surface area contributed by atoms with Gasteiger partial charge in [-0.15, -0.1) is 11.8 Å². The number of likely N-dealkylation sites (N-methyl/N-ethyl adjacent to an activating group) is 1. The number of nitrogens with two attached hydrogens (primary N) is 1. The number of carboxylic acids is 1. The van der Waals surface area contributed by atoms with Crippen LogP contribution in [-0.4, -0.2) is 108 Å². The first kappa shape index (κ1) is 60.5. The van der Waals surface area contributed by atoms with Gasteiger partial charge in [0, 0.05) is 17.4 Å². The number of carbonyl (C=O) groups is 2. The second-order valence-electron chi connectivity index (χ2n) is 17.1. The molecule has 0 spiro atoms. The van der Waals surface area contributed by atoms with Gasteiger partial charge in [0.2, 0.25) is 0 Å². The third-order valence-corrected chi connectivity index (χ3v) is 12.2. The van der Waals surface area contributed by atoms with Crippen molar-refractivity contribution in [1.29, 1.82) is 0 Å². The number of hydrogen-bond donors (Lipinski definition) is 4. The number of aliphatic hydroxyl groups excluding tert-OH is 1. The van der Waals surface area contributed by atoms with Crippen molar-refractivity contribution in [3.8, 4) is 0 Å². The number of esters is 1. The van der Waals surface area contributed by atoms with Crippen LogP contribution in [0.4, 0.5) is 0 Å². The summed E-state index contributed by atoms with van der Waals surface area (Å²) < 4.78 is 34.8. The van der Waals surface area contributed by atoms with Gasteiger partial charge in [-0.05, 0) is 76.7 Å². The lowest BCUT2D eigenvalue weighted by Gasteiger charge is -2.25. The zero-order valence-corrected chi connectivity index (χ0v) is 41.4. The minimum atomic E-state index is -4.46. The van der Waals surface area contributed by atoms with Gasteiger partial charge in [-0.1, -0.05) is 132 Å². The van der Waals surface area contributed by atoms with Crippen LogP contribution in [-0.2, 0) is 32.7 Å². The molecule has 0 aliphatic heterocycles. The standard InChI is InChI=1S/C49H87N2O10PS/c1-6-8-10-12-14-16-18-20-21-22-23-25-27-29-31-33-39-58-41-44(42-60-62(56,57)59-40-38-51(3,4)5)61-49(55)45(50)43-63-47(46(52)35-34-37-48(53)54)36-32-30-28-26-24-19-17-15-13-11-9-7-2/h15,17,20-21,24,26,28,30,32-33,36,39,44-47,52H,6-14,16,18-19,22-23,25,27,29,31,34-35,37-38,40-43,50H2,1-5H3,(H-,53,54,56,57)/p+1/b17-15-,21-20-,26-24-,30-28+,36-32+,39-33+/t44-,45+,46+,47-/m1/s1. The molecule has 5 atom stereocenters. The fourth-order valence-corrected chi connectivity index (χ4v) is 7.80. The van der Waals surface area contributed by atoms with Crippen molar-refractivity contribution in [2.24, 2.45) is 5.73 Å². The smallest absolute Gasteiger partial charge is 0.472 e. The van der Waals surface area contributed by atoms with Gasteiger partial charge in [0.05, 0.1) is 40.1 Å². The van der Waals surface area contributed by atoms with E-state index in [1.54, 1.807) is 12.2 Å². The molecule has 0 saturated carbocycles. The molecule has 0 fully saturated rings. The number of phosphoric acid groups is 1. The number of hydrogen-bond acceptors (Lipinski definition) is 10. The summed E-state index contributed by atoms with van der Waals surface area (Å²) >= 11 is 1.25. The molecule has 0 rings (SSSR count). The average Bonchev–Trinajstić information content (AvgIpc) is 3.22. The van der Waals surface area contributed by atoms with Gasteiger partial charge in [-0.25, -0.2) is 4.57 Å². The lowest BCUT2D eigenvalue weighted by molar-refractivity contribution is -0.870. The molecular formula is C49H88N2O10PS+. The van der Waals surface area contributed by atoms with Crippen LogP contribution in [0.1, 0.15) is 149 Å². The Morgan fingerprint density at radius 1 is 0.730 bits per heavy atom. The number of carbonyl (C=O) groups excluding carboxylic acids is 1. The fourth-order valence-electron chi connectivity index (χ4n) is 5.94. The average molecular weight is 928 g/mol. The number of rotatable bonds is 43. The van der Waals surface area contributed by atoms with Crippen LogP contribution in [0.15, 0.2) is 73.1 Å². The molecule has 364 valence electrons. The minimum Gasteiger partial charge on any atom is -0.498 e. The largest absolute Gasteiger partial charge is 0.498 e. The maximum absolute atomic E-state index is 13.2. The lowest BCUT2D eigenvalue weighted by Crippen LogP contribution is -2.40. The molecule has 0 aromatic heterocycles. The van der Waals surface area contributed by atoms with Crippen molar-refractivity contribution >= 4 is 31.5 Å². The maximum Gasteiger partial charge on any atom is 0.472 e. The predicted octanol–water partition coefficient (Wildman–Crippen LogP) is 11.2. The molecule has 0 amide bonds. The summed E-state index contributed by atoms with van der Waals surface area (Å²) in [5.74, 6) is -1.63.